The molecule has 1 amide bonds. The van der Waals surface area contributed by atoms with E-state index in [-0.39, 0.29) is 29.2 Å². The van der Waals surface area contributed by atoms with Gasteiger partial charge in [-0.25, -0.2) is 14.8 Å². The molecule has 0 saturated heterocycles. The van der Waals surface area contributed by atoms with Crippen molar-refractivity contribution in [1.82, 2.24) is 38.6 Å². The standard InChI is InChI=1S/C26H23F2N9O3/c1-15(23(38)34-20-12-29-11-18(33-20)16-7-8-19(31-10-16)26(2,27)28)37-14-32-22-21(37)24(39)36(25(40)35(22)3)13-17-6-4-5-9-30-17/h4-12,14-15H,13H2,1-3H3,(H,33,34,38)/t15-/m0/s1. The number of alkyl halides is 2. The fraction of sp³-hybridized carbons (Fsp3) is 0.231. The lowest BCUT2D eigenvalue weighted by Crippen LogP contribution is -2.40. The minimum absolute atomic E-state index is 0.0534. The predicted octanol–water partition coefficient (Wildman–Crippen LogP) is 2.50. The molecule has 1 atom stereocenters. The summed E-state index contributed by atoms with van der Waals surface area (Å²) < 4.78 is 30.6. The van der Waals surface area contributed by atoms with E-state index in [1.165, 1.54) is 53.2 Å². The minimum Gasteiger partial charge on any atom is -0.312 e. The molecule has 0 fully saturated rings. The number of amides is 1. The number of pyridine rings is 2. The van der Waals surface area contributed by atoms with Crippen molar-refractivity contribution in [3.63, 3.8) is 0 Å². The Labute approximate surface area is 225 Å². The van der Waals surface area contributed by atoms with Gasteiger partial charge in [-0.05, 0) is 31.2 Å². The number of carbonyl (C=O) groups is 1. The summed E-state index contributed by atoms with van der Waals surface area (Å²) in [4.78, 5) is 60.1. The maximum absolute atomic E-state index is 13.5. The van der Waals surface area contributed by atoms with Crippen LogP contribution in [0, 0.1) is 0 Å². The molecule has 0 aliphatic carbocycles. The third-order valence-electron chi connectivity index (χ3n) is 6.30. The van der Waals surface area contributed by atoms with Crippen LogP contribution in [0.3, 0.4) is 0 Å². The Morgan fingerprint density at radius 2 is 1.88 bits per heavy atom. The first-order valence-corrected chi connectivity index (χ1v) is 12.1. The molecule has 204 valence electrons. The number of rotatable bonds is 7. The molecular weight excluding hydrogens is 524 g/mol. The highest BCUT2D eigenvalue weighted by atomic mass is 19.3. The molecule has 5 aromatic heterocycles. The number of halogens is 2. The van der Waals surface area contributed by atoms with E-state index in [9.17, 15) is 23.2 Å². The number of nitrogens with zero attached hydrogens (tertiary/aromatic N) is 8. The maximum atomic E-state index is 13.5. The average Bonchev–Trinajstić information content (AvgIpc) is 3.39. The number of hydrogen-bond acceptors (Lipinski definition) is 8. The highest BCUT2D eigenvalue weighted by Gasteiger charge is 2.26. The Bertz CT molecular complexity index is 1830. The van der Waals surface area contributed by atoms with Crippen LogP contribution in [0.15, 0.2) is 71.0 Å². The van der Waals surface area contributed by atoms with Gasteiger partial charge in [-0.2, -0.15) is 8.78 Å². The van der Waals surface area contributed by atoms with Gasteiger partial charge in [-0.1, -0.05) is 6.07 Å². The van der Waals surface area contributed by atoms with Gasteiger partial charge in [-0.15, -0.1) is 0 Å². The fourth-order valence-electron chi connectivity index (χ4n) is 4.10. The Kier molecular flexibility index (Phi) is 6.75. The van der Waals surface area contributed by atoms with Crippen LogP contribution in [-0.4, -0.2) is 44.5 Å². The second-order valence-corrected chi connectivity index (χ2v) is 9.15. The van der Waals surface area contributed by atoms with Crippen LogP contribution in [-0.2, 0) is 24.3 Å². The van der Waals surface area contributed by atoms with E-state index in [1.807, 2.05) is 0 Å². The zero-order chi connectivity index (χ0) is 28.6. The summed E-state index contributed by atoms with van der Waals surface area (Å²) >= 11 is 0. The van der Waals surface area contributed by atoms with Crippen LogP contribution in [0.1, 0.15) is 31.3 Å². The first kappa shape index (κ1) is 26.5. The summed E-state index contributed by atoms with van der Waals surface area (Å²) in [6.45, 7) is 2.27. The third kappa shape index (κ3) is 4.98. The van der Waals surface area contributed by atoms with Crippen LogP contribution < -0.4 is 16.6 Å². The van der Waals surface area contributed by atoms with Gasteiger partial charge in [0.15, 0.2) is 17.0 Å². The first-order valence-electron chi connectivity index (χ1n) is 12.1. The lowest BCUT2D eigenvalue weighted by Gasteiger charge is -2.15. The molecule has 0 bridgehead atoms. The van der Waals surface area contributed by atoms with Gasteiger partial charge in [0, 0.05) is 31.9 Å². The smallest absolute Gasteiger partial charge is 0.312 e. The van der Waals surface area contributed by atoms with Crippen LogP contribution in [0.4, 0.5) is 14.6 Å². The van der Waals surface area contributed by atoms with Crippen LogP contribution in [0.5, 0.6) is 0 Å². The Morgan fingerprint density at radius 3 is 2.55 bits per heavy atom. The predicted molar refractivity (Wildman–Crippen MR) is 141 cm³/mol. The number of hydrogen-bond donors (Lipinski definition) is 1. The highest BCUT2D eigenvalue weighted by molar-refractivity contribution is 5.93. The van der Waals surface area contributed by atoms with E-state index in [2.05, 4.69) is 30.2 Å². The van der Waals surface area contributed by atoms with Crippen molar-refractivity contribution >= 4 is 22.9 Å². The number of carbonyl (C=O) groups excluding carboxylic acids is 1. The van der Waals surface area contributed by atoms with Gasteiger partial charge in [0.05, 0.1) is 36.7 Å². The number of fused-ring (bicyclic) bond motifs is 1. The second kappa shape index (κ2) is 10.2. The van der Waals surface area contributed by atoms with Gasteiger partial charge in [0.25, 0.3) is 11.5 Å². The fourth-order valence-corrected chi connectivity index (χ4v) is 4.10. The van der Waals surface area contributed by atoms with Crippen molar-refractivity contribution in [2.24, 2.45) is 7.05 Å². The van der Waals surface area contributed by atoms with Gasteiger partial charge in [0.1, 0.15) is 11.7 Å². The van der Waals surface area contributed by atoms with Crippen molar-refractivity contribution < 1.29 is 13.6 Å². The monoisotopic (exact) mass is 547 g/mol. The van der Waals surface area contributed by atoms with E-state index in [1.54, 1.807) is 31.3 Å². The second-order valence-electron chi connectivity index (χ2n) is 9.15. The van der Waals surface area contributed by atoms with Crippen molar-refractivity contribution in [1.29, 1.82) is 0 Å². The molecule has 0 radical (unpaired) electrons. The average molecular weight is 548 g/mol. The maximum Gasteiger partial charge on any atom is 0.332 e. The van der Waals surface area contributed by atoms with Crippen molar-refractivity contribution in [2.45, 2.75) is 32.4 Å². The zero-order valence-corrected chi connectivity index (χ0v) is 21.6. The molecule has 0 aliphatic rings. The van der Waals surface area contributed by atoms with Gasteiger partial charge >= 0.3 is 5.69 Å². The van der Waals surface area contributed by atoms with Crippen LogP contribution >= 0.6 is 0 Å². The Morgan fingerprint density at radius 1 is 1.07 bits per heavy atom. The molecule has 40 heavy (non-hydrogen) atoms. The molecule has 5 aromatic rings. The van der Waals surface area contributed by atoms with Gasteiger partial charge in [0.2, 0.25) is 5.91 Å². The number of aromatic nitrogens is 8. The van der Waals surface area contributed by atoms with E-state index in [0.717, 1.165) is 11.5 Å². The summed E-state index contributed by atoms with van der Waals surface area (Å²) in [6, 6.07) is 6.88. The first-order chi connectivity index (χ1) is 19.0. The number of imidazole rings is 1. The summed E-state index contributed by atoms with van der Waals surface area (Å²) in [5.74, 6) is -3.51. The van der Waals surface area contributed by atoms with Crippen molar-refractivity contribution in [3.05, 3.63) is 93.7 Å². The molecule has 0 unspecified atom stereocenters. The van der Waals surface area contributed by atoms with Crippen LogP contribution in [0.2, 0.25) is 0 Å². The van der Waals surface area contributed by atoms with E-state index in [4.69, 9.17) is 0 Å². The summed E-state index contributed by atoms with van der Waals surface area (Å²) in [7, 11) is 1.49. The molecule has 14 heteroatoms. The van der Waals surface area contributed by atoms with Crippen LogP contribution in [0.25, 0.3) is 22.4 Å². The normalized spacial score (nSPS) is 12.4. The van der Waals surface area contributed by atoms with Gasteiger partial charge in [-0.3, -0.25) is 33.7 Å². The number of aryl methyl sites for hydroxylation is 1. The van der Waals surface area contributed by atoms with Gasteiger partial charge < -0.3 is 9.88 Å². The Hall–Kier alpha value is -5.14. The summed E-state index contributed by atoms with van der Waals surface area (Å²) in [6.07, 6.45) is 6.87. The lowest BCUT2D eigenvalue weighted by atomic mass is 10.1. The zero-order valence-electron chi connectivity index (χ0n) is 21.6. The largest absolute Gasteiger partial charge is 0.332 e. The molecule has 0 saturated carbocycles. The molecule has 5 heterocycles. The molecular formula is C26H23F2N9O3. The SMILES string of the molecule is C[C@@H](C(=O)Nc1cncc(-c2ccc(C(C)(F)F)nc2)n1)n1cnc2c1c(=O)n(Cc1ccccn1)c(=O)n2C. The number of anilines is 1. The van der Waals surface area contributed by atoms with E-state index >= 15 is 0 Å². The Balaban J connectivity index is 1.43. The summed E-state index contributed by atoms with van der Waals surface area (Å²) in [5.41, 5.74) is -0.110. The molecule has 12 nitrogen and oxygen atoms in total. The summed E-state index contributed by atoms with van der Waals surface area (Å²) in [5, 5.41) is 2.65. The highest BCUT2D eigenvalue weighted by Crippen LogP contribution is 2.26. The quantitative estimate of drug-likeness (QED) is 0.328. The number of nitrogens with one attached hydrogen (secondary N) is 1. The molecule has 0 aromatic carbocycles. The minimum atomic E-state index is -3.08. The van der Waals surface area contributed by atoms with E-state index < -0.39 is 29.1 Å². The molecule has 5 rings (SSSR count). The topological polar surface area (TPSA) is 142 Å². The van der Waals surface area contributed by atoms with E-state index in [0.29, 0.717) is 17.0 Å². The van der Waals surface area contributed by atoms with Crippen molar-refractivity contribution in [3.8, 4) is 11.3 Å². The third-order valence-corrected chi connectivity index (χ3v) is 6.30. The van der Waals surface area contributed by atoms with Crippen molar-refractivity contribution in [2.75, 3.05) is 5.32 Å². The molecule has 0 spiro atoms. The molecule has 1 N–H and O–H groups in total. The lowest BCUT2D eigenvalue weighted by molar-refractivity contribution is -0.118. The molecule has 0 aliphatic heterocycles.